The minimum atomic E-state index is -1.32. The Labute approximate surface area is 209 Å². The molecule has 4 amide bonds. The topological polar surface area (TPSA) is 248 Å². The van der Waals surface area contributed by atoms with Crippen molar-refractivity contribution in [3.05, 3.63) is 18.2 Å². The number of nitrogens with one attached hydrogen (secondary N) is 4. The first-order valence-electron chi connectivity index (χ1n) is 11.8. The molecule has 202 valence electrons. The molecular formula is C22H38N8O6. The van der Waals surface area contributed by atoms with Crippen LogP contribution in [0.3, 0.4) is 0 Å². The van der Waals surface area contributed by atoms with Crippen LogP contribution in [-0.4, -0.2) is 75.4 Å². The zero-order chi connectivity index (χ0) is 27.3. The number of nitrogens with two attached hydrogens (primary N) is 3. The second-order valence-electron chi connectivity index (χ2n) is 8.87. The molecule has 0 saturated carbocycles. The molecule has 4 unspecified atom stereocenters. The van der Waals surface area contributed by atoms with E-state index in [0.717, 1.165) is 0 Å². The Morgan fingerprint density at radius 2 is 1.67 bits per heavy atom. The Kier molecular flexibility index (Phi) is 13.1. The van der Waals surface area contributed by atoms with Crippen molar-refractivity contribution in [3.8, 4) is 0 Å². The van der Waals surface area contributed by atoms with E-state index in [-0.39, 0.29) is 25.2 Å². The van der Waals surface area contributed by atoms with Gasteiger partial charge in [0.05, 0.1) is 12.4 Å². The number of carboxylic acid groups (broad SMARTS) is 1. The number of carbonyl (C=O) groups is 5. The third-order valence-electron chi connectivity index (χ3n) is 5.46. The highest BCUT2D eigenvalue weighted by Gasteiger charge is 2.32. The van der Waals surface area contributed by atoms with E-state index in [2.05, 4.69) is 25.9 Å². The maximum absolute atomic E-state index is 13.0. The van der Waals surface area contributed by atoms with Crippen molar-refractivity contribution >= 4 is 29.6 Å². The summed E-state index contributed by atoms with van der Waals surface area (Å²) < 4.78 is 0. The SMILES string of the molecule is CC(C)C(NC(=O)C(N)CCCCN)C(=O)NC(CCC(N)=O)C(=O)NC(Cc1cnc[nH]1)C(=O)O. The molecule has 1 rings (SSSR count). The molecule has 0 radical (unpaired) electrons. The normalized spacial score (nSPS) is 14.4. The Morgan fingerprint density at radius 1 is 1.00 bits per heavy atom. The molecule has 0 aromatic carbocycles. The number of H-pyrrole nitrogens is 1. The lowest BCUT2D eigenvalue weighted by molar-refractivity contribution is -0.142. The summed E-state index contributed by atoms with van der Waals surface area (Å²) in [5.74, 6) is -4.39. The van der Waals surface area contributed by atoms with Crippen molar-refractivity contribution in [1.82, 2.24) is 25.9 Å². The number of primary amides is 1. The molecule has 36 heavy (non-hydrogen) atoms. The van der Waals surface area contributed by atoms with E-state index >= 15 is 0 Å². The van der Waals surface area contributed by atoms with E-state index in [1.165, 1.54) is 12.5 Å². The van der Waals surface area contributed by atoms with Crippen LogP contribution in [-0.2, 0) is 30.4 Å². The van der Waals surface area contributed by atoms with Gasteiger partial charge in [0.25, 0.3) is 0 Å². The van der Waals surface area contributed by atoms with Gasteiger partial charge in [-0.15, -0.1) is 0 Å². The number of aliphatic carboxylic acids is 1. The number of imidazole rings is 1. The molecule has 0 aliphatic carbocycles. The van der Waals surface area contributed by atoms with Gasteiger partial charge >= 0.3 is 5.97 Å². The van der Waals surface area contributed by atoms with E-state index in [9.17, 15) is 29.1 Å². The number of hydrogen-bond donors (Lipinski definition) is 8. The molecule has 1 aromatic heterocycles. The smallest absolute Gasteiger partial charge is 0.326 e. The van der Waals surface area contributed by atoms with Crippen LogP contribution in [0.2, 0.25) is 0 Å². The third kappa shape index (κ3) is 10.8. The van der Waals surface area contributed by atoms with E-state index in [0.29, 0.717) is 31.5 Å². The maximum atomic E-state index is 13.0. The average molecular weight is 511 g/mol. The highest BCUT2D eigenvalue weighted by Crippen LogP contribution is 2.08. The van der Waals surface area contributed by atoms with Crippen LogP contribution in [0, 0.1) is 5.92 Å². The molecule has 0 saturated heterocycles. The van der Waals surface area contributed by atoms with Crippen LogP contribution in [0.15, 0.2) is 12.5 Å². The van der Waals surface area contributed by atoms with Gasteiger partial charge in [0.15, 0.2) is 0 Å². The summed E-state index contributed by atoms with van der Waals surface area (Å²) >= 11 is 0. The van der Waals surface area contributed by atoms with Crippen LogP contribution < -0.4 is 33.2 Å². The summed E-state index contributed by atoms with van der Waals surface area (Å²) in [6.07, 6.45) is 4.07. The van der Waals surface area contributed by atoms with Gasteiger partial charge < -0.3 is 43.2 Å². The number of hydrogen-bond acceptors (Lipinski definition) is 8. The minimum Gasteiger partial charge on any atom is -0.480 e. The molecule has 0 spiro atoms. The van der Waals surface area contributed by atoms with Crippen LogP contribution in [0.25, 0.3) is 0 Å². The first-order chi connectivity index (χ1) is 17.0. The Balaban J connectivity index is 2.93. The number of aromatic nitrogens is 2. The molecule has 11 N–H and O–H groups in total. The van der Waals surface area contributed by atoms with Crippen LogP contribution >= 0.6 is 0 Å². The third-order valence-corrected chi connectivity index (χ3v) is 5.46. The van der Waals surface area contributed by atoms with Gasteiger partial charge in [0, 0.05) is 24.7 Å². The van der Waals surface area contributed by atoms with Crippen molar-refractivity contribution in [2.45, 2.75) is 76.5 Å². The Morgan fingerprint density at radius 3 is 2.19 bits per heavy atom. The fourth-order valence-corrected chi connectivity index (χ4v) is 3.34. The van der Waals surface area contributed by atoms with E-state index < -0.39 is 53.8 Å². The average Bonchev–Trinajstić information content (AvgIpc) is 3.32. The van der Waals surface area contributed by atoms with Crippen molar-refractivity contribution < 1.29 is 29.1 Å². The number of amides is 4. The highest BCUT2D eigenvalue weighted by atomic mass is 16.4. The number of nitrogens with zero attached hydrogens (tertiary/aromatic N) is 1. The monoisotopic (exact) mass is 510 g/mol. The zero-order valence-electron chi connectivity index (χ0n) is 20.7. The van der Waals surface area contributed by atoms with Gasteiger partial charge in [-0.3, -0.25) is 19.2 Å². The standard InChI is InChI=1S/C22H38N8O6/c1-12(2)18(30-19(32)14(24)5-3-4-8-23)21(34)28-15(6-7-17(25)31)20(33)29-16(22(35)36)9-13-10-26-11-27-13/h10-12,14-16,18H,3-9,23-24H2,1-2H3,(H2,25,31)(H,26,27)(H,28,34)(H,29,33)(H,30,32)(H,35,36). The fourth-order valence-electron chi connectivity index (χ4n) is 3.34. The van der Waals surface area contributed by atoms with Gasteiger partial charge in [-0.1, -0.05) is 20.3 Å². The van der Waals surface area contributed by atoms with Crippen LogP contribution in [0.1, 0.15) is 51.6 Å². The molecule has 0 fully saturated rings. The summed E-state index contributed by atoms with van der Waals surface area (Å²) in [5, 5.41) is 17.0. The Bertz CT molecular complexity index is 876. The first kappa shape index (κ1) is 30.5. The van der Waals surface area contributed by atoms with Crippen LogP contribution in [0.4, 0.5) is 0 Å². The van der Waals surface area contributed by atoms with E-state index in [4.69, 9.17) is 17.2 Å². The number of unbranched alkanes of at least 4 members (excludes halogenated alkanes) is 1. The quantitative estimate of drug-likeness (QED) is 0.106. The number of rotatable bonds is 17. The lowest BCUT2D eigenvalue weighted by Gasteiger charge is -2.27. The molecule has 0 bridgehead atoms. The molecule has 14 nitrogen and oxygen atoms in total. The first-order valence-corrected chi connectivity index (χ1v) is 11.8. The van der Waals surface area contributed by atoms with Gasteiger partial charge in [-0.05, 0) is 31.7 Å². The molecule has 1 heterocycles. The van der Waals surface area contributed by atoms with Crippen molar-refractivity contribution in [1.29, 1.82) is 0 Å². The van der Waals surface area contributed by atoms with Crippen LogP contribution in [0.5, 0.6) is 0 Å². The molecular weight excluding hydrogens is 472 g/mol. The summed E-state index contributed by atoms with van der Waals surface area (Å²) in [6.45, 7) is 3.88. The van der Waals surface area contributed by atoms with Gasteiger partial charge in [0.2, 0.25) is 23.6 Å². The molecule has 0 aliphatic rings. The highest BCUT2D eigenvalue weighted by molar-refractivity contribution is 5.94. The number of aromatic amines is 1. The van der Waals surface area contributed by atoms with Crippen molar-refractivity contribution in [3.63, 3.8) is 0 Å². The summed E-state index contributed by atoms with van der Waals surface area (Å²) in [7, 11) is 0. The van der Waals surface area contributed by atoms with Crippen molar-refractivity contribution in [2.24, 2.45) is 23.1 Å². The van der Waals surface area contributed by atoms with Crippen molar-refractivity contribution in [2.75, 3.05) is 6.54 Å². The van der Waals surface area contributed by atoms with E-state index in [1.807, 2.05) is 0 Å². The second kappa shape index (κ2) is 15.5. The minimum absolute atomic E-state index is 0.0791. The Hall–Kier alpha value is -3.52. The lowest BCUT2D eigenvalue weighted by Crippen LogP contribution is -2.58. The summed E-state index contributed by atoms with van der Waals surface area (Å²) in [5.41, 5.74) is 17.0. The maximum Gasteiger partial charge on any atom is 0.326 e. The van der Waals surface area contributed by atoms with E-state index in [1.54, 1.807) is 13.8 Å². The molecule has 1 aromatic rings. The predicted octanol–water partition coefficient (Wildman–Crippen LogP) is -2.13. The molecule has 0 aliphatic heterocycles. The van der Waals surface area contributed by atoms with Gasteiger partial charge in [-0.2, -0.15) is 0 Å². The number of carboxylic acids is 1. The lowest BCUT2D eigenvalue weighted by atomic mass is 10.0. The van der Waals surface area contributed by atoms with Gasteiger partial charge in [-0.25, -0.2) is 9.78 Å². The second-order valence-corrected chi connectivity index (χ2v) is 8.87. The number of carbonyl (C=O) groups excluding carboxylic acids is 4. The van der Waals surface area contributed by atoms with Gasteiger partial charge in [0.1, 0.15) is 18.1 Å². The zero-order valence-corrected chi connectivity index (χ0v) is 20.7. The molecule has 14 heteroatoms. The summed E-state index contributed by atoms with van der Waals surface area (Å²) in [6, 6.07) is -4.45. The summed E-state index contributed by atoms with van der Waals surface area (Å²) in [4.78, 5) is 68.0. The predicted molar refractivity (Wildman–Crippen MR) is 130 cm³/mol. The molecule has 4 atom stereocenters. The largest absolute Gasteiger partial charge is 0.480 e. The fraction of sp³-hybridized carbons (Fsp3) is 0.636.